The highest BCUT2D eigenvalue weighted by molar-refractivity contribution is 5.85. The number of nitrogens with two attached hydrogens (primary N) is 1. The second-order valence-corrected chi connectivity index (χ2v) is 3.93. The number of rotatable bonds is 5. The molecule has 0 fully saturated rings. The van der Waals surface area contributed by atoms with E-state index in [0.29, 0.717) is 18.4 Å². The van der Waals surface area contributed by atoms with Crippen molar-refractivity contribution in [3.05, 3.63) is 29.3 Å². The lowest BCUT2D eigenvalue weighted by molar-refractivity contribution is -0.137. The Bertz CT molecular complexity index is 399. The number of methoxy groups -OCH3 is 1. The summed E-state index contributed by atoms with van der Waals surface area (Å²) in [5.41, 5.74) is 5.59. The Hall–Kier alpha value is -0.980. The first-order chi connectivity index (χ1) is 8.40. The van der Waals surface area contributed by atoms with Crippen molar-refractivity contribution in [1.29, 1.82) is 0 Å². The van der Waals surface area contributed by atoms with Gasteiger partial charge in [-0.3, -0.25) is 0 Å². The number of alkyl halides is 3. The third kappa shape index (κ3) is 4.89. The highest BCUT2D eigenvalue weighted by atomic mass is 35.5. The molecule has 0 spiro atoms. The summed E-state index contributed by atoms with van der Waals surface area (Å²) in [6, 6.07) is 2.79. The first-order valence-corrected chi connectivity index (χ1v) is 5.51. The number of benzene rings is 1. The number of halogens is 4. The minimum atomic E-state index is -4.40. The molecular weight excluding hydrogens is 283 g/mol. The van der Waals surface area contributed by atoms with Gasteiger partial charge >= 0.3 is 6.18 Å². The predicted octanol–water partition coefficient (Wildman–Crippen LogP) is 2.91. The van der Waals surface area contributed by atoms with Crippen LogP contribution in [-0.2, 0) is 6.18 Å². The van der Waals surface area contributed by atoms with Crippen molar-refractivity contribution in [2.75, 3.05) is 13.7 Å². The zero-order valence-electron chi connectivity index (χ0n) is 10.4. The second kappa shape index (κ2) is 7.57. The van der Waals surface area contributed by atoms with Crippen LogP contribution in [0.3, 0.4) is 0 Å². The predicted molar refractivity (Wildman–Crippen MR) is 68.5 cm³/mol. The molecule has 0 aliphatic carbocycles. The molecule has 3 nitrogen and oxygen atoms in total. The molecule has 0 saturated heterocycles. The Labute approximate surface area is 116 Å². The zero-order valence-corrected chi connectivity index (χ0v) is 11.2. The van der Waals surface area contributed by atoms with Crippen LogP contribution < -0.4 is 10.5 Å². The van der Waals surface area contributed by atoms with Crippen LogP contribution in [0.15, 0.2) is 18.2 Å². The lowest BCUT2D eigenvalue weighted by atomic mass is 10.00. The van der Waals surface area contributed by atoms with E-state index in [0.717, 1.165) is 12.1 Å². The van der Waals surface area contributed by atoms with Crippen molar-refractivity contribution < 1.29 is 23.0 Å². The van der Waals surface area contributed by atoms with E-state index in [2.05, 4.69) is 0 Å². The van der Waals surface area contributed by atoms with Crippen LogP contribution in [0, 0.1) is 0 Å². The minimum absolute atomic E-state index is 0. The summed E-state index contributed by atoms with van der Waals surface area (Å²) in [5, 5.41) is 8.70. The maximum atomic E-state index is 12.5. The van der Waals surface area contributed by atoms with Gasteiger partial charge in [0.1, 0.15) is 5.75 Å². The van der Waals surface area contributed by atoms with Gasteiger partial charge in [0.2, 0.25) is 0 Å². The van der Waals surface area contributed by atoms with Gasteiger partial charge in [-0.05, 0) is 25.0 Å². The fraction of sp³-hybridized carbons (Fsp3) is 0.500. The van der Waals surface area contributed by atoms with E-state index < -0.39 is 17.8 Å². The Kier molecular flexibility index (Phi) is 7.18. The van der Waals surface area contributed by atoms with Gasteiger partial charge in [0.15, 0.2) is 0 Å². The largest absolute Gasteiger partial charge is 0.496 e. The standard InChI is InChI=1S/C12H16F3NO2.ClH/c1-18-11-7-8(12(13,14)15)4-5-9(11)10(16)3-2-6-17;/h4-5,7,10,17H,2-3,6,16H2,1H3;1H/t10-;/m1./s1. The first kappa shape index (κ1) is 18.0. The van der Waals surface area contributed by atoms with E-state index in [1.807, 2.05) is 0 Å². The van der Waals surface area contributed by atoms with E-state index in [1.54, 1.807) is 0 Å². The van der Waals surface area contributed by atoms with Gasteiger partial charge in [-0.2, -0.15) is 13.2 Å². The van der Waals surface area contributed by atoms with Crippen molar-refractivity contribution in [3.8, 4) is 5.75 Å². The number of ether oxygens (including phenoxy) is 1. The molecule has 1 atom stereocenters. The van der Waals surface area contributed by atoms with Gasteiger partial charge in [0.05, 0.1) is 12.7 Å². The maximum absolute atomic E-state index is 12.5. The summed E-state index contributed by atoms with van der Waals surface area (Å²) in [7, 11) is 1.30. The van der Waals surface area contributed by atoms with Crippen LogP contribution in [0.4, 0.5) is 13.2 Å². The van der Waals surface area contributed by atoms with E-state index in [9.17, 15) is 13.2 Å². The van der Waals surface area contributed by atoms with Crippen LogP contribution in [0.5, 0.6) is 5.75 Å². The molecule has 0 heterocycles. The summed E-state index contributed by atoms with van der Waals surface area (Å²) in [4.78, 5) is 0. The molecule has 1 aromatic rings. The smallest absolute Gasteiger partial charge is 0.416 e. The van der Waals surface area contributed by atoms with Crippen LogP contribution in [0.2, 0.25) is 0 Å². The summed E-state index contributed by atoms with van der Waals surface area (Å²) < 4.78 is 42.5. The van der Waals surface area contributed by atoms with Crippen molar-refractivity contribution in [2.24, 2.45) is 5.73 Å². The molecule has 7 heteroatoms. The van der Waals surface area contributed by atoms with Gasteiger partial charge in [0, 0.05) is 18.2 Å². The molecule has 0 radical (unpaired) electrons. The number of hydrogen-bond donors (Lipinski definition) is 2. The topological polar surface area (TPSA) is 55.5 Å². The Morgan fingerprint density at radius 1 is 1.37 bits per heavy atom. The molecular formula is C12H17ClF3NO2. The van der Waals surface area contributed by atoms with E-state index >= 15 is 0 Å². The van der Waals surface area contributed by atoms with Crippen molar-refractivity contribution in [1.82, 2.24) is 0 Å². The highest BCUT2D eigenvalue weighted by Crippen LogP contribution is 2.35. The van der Waals surface area contributed by atoms with Gasteiger partial charge in [-0.25, -0.2) is 0 Å². The molecule has 3 N–H and O–H groups in total. The van der Waals surface area contributed by atoms with Crippen molar-refractivity contribution >= 4 is 12.4 Å². The van der Waals surface area contributed by atoms with E-state index in [4.69, 9.17) is 15.6 Å². The average molecular weight is 300 g/mol. The molecule has 0 aliphatic rings. The van der Waals surface area contributed by atoms with Crippen LogP contribution in [0.1, 0.15) is 30.0 Å². The van der Waals surface area contributed by atoms with E-state index in [1.165, 1.54) is 13.2 Å². The van der Waals surface area contributed by atoms with Gasteiger partial charge in [-0.1, -0.05) is 6.07 Å². The molecule has 0 saturated carbocycles. The normalized spacial score (nSPS) is 12.7. The molecule has 0 bridgehead atoms. The van der Waals surface area contributed by atoms with Gasteiger partial charge in [-0.15, -0.1) is 12.4 Å². The summed E-state index contributed by atoms with van der Waals surface area (Å²) in [6.07, 6.45) is -3.43. The third-order valence-electron chi connectivity index (χ3n) is 2.63. The summed E-state index contributed by atoms with van der Waals surface area (Å²) in [5.74, 6) is 0.121. The SMILES string of the molecule is COc1cc(C(F)(F)F)ccc1[C@H](N)CCCO.Cl. The second-order valence-electron chi connectivity index (χ2n) is 3.93. The summed E-state index contributed by atoms with van der Waals surface area (Å²) >= 11 is 0. The van der Waals surface area contributed by atoms with Crippen LogP contribution in [0.25, 0.3) is 0 Å². The Morgan fingerprint density at radius 2 is 2.00 bits per heavy atom. The zero-order chi connectivity index (χ0) is 13.8. The molecule has 0 aromatic heterocycles. The number of aliphatic hydroxyl groups excluding tert-OH is 1. The van der Waals surface area contributed by atoms with Gasteiger partial charge < -0.3 is 15.6 Å². The lowest BCUT2D eigenvalue weighted by Crippen LogP contribution is -2.13. The van der Waals surface area contributed by atoms with Crippen LogP contribution in [-0.4, -0.2) is 18.8 Å². The van der Waals surface area contributed by atoms with Crippen molar-refractivity contribution in [2.45, 2.75) is 25.1 Å². The quantitative estimate of drug-likeness (QED) is 0.879. The molecule has 1 aromatic carbocycles. The molecule has 19 heavy (non-hydrogen) atoms. The minimum Gasteiger partial charge on any atom is -0.496 e. The molecule has 0 aliphatic heterocycles. The lowest BCUT2D eigenvalue weighted by Gasteiger charge is -2.17. The summed E-state index contributed by atoms with van der Waals surface area (Å²) in [6.45, 7) is -0.00332. The number of hydrogen-bond acceptors (Lipinski definition) is 3. The van der Waals surface area contributed by atoms with E-state index in [-0.39, 0.29) is 24.8 Å². The third-order valence-corrected chi connectivity index (χ3v) is 2.63. The highest BCUT2D eigenvalue weighted by Gasteiger charge is 2.31. The fourth-order valence-corrected chi connectivity index (χ4v) is 1.66. The molecule has 110 valence electrons. The monoisotopic (exact) mass is 299 g/mol. The number of aliphatic hydroxyl groups is 1. The van der Waals surface area contributed by atoms with Crippen LogP contribution >= 0.6 is 12.4 Å². The Balaban J connectivity index is 0.00000324. The molecule has 1 rings (SSSR count). The Morgan fingerprint density at radius 3 is 2.47 bits per heavy atom. The fourth-order valence-electron chi connectivity index (χ4n) is 1.66. The van der Waals surface area contributed by atoms with Gasteiger partial charge in [0.25, 0.3) is 0 Å². The molecule has 0 unspecified atom stereocenters. The maximum Gasteiger partial charge on any atom is 0.416 e. The average Bonchev–Trinajstić information content (AvgIpc) is 2.34. The first-order valence-electron chi connectivity index (χ1n) is 5.51. The molecule has 0 amide bonds. The van der Waals surface area contributed by atoms with Crippen molar-refractivity contribution in [3.63, 3.8) is 0 Å².